The molecule has 0 aliphatic carbocycles. The number of hydrogen-bond donors (Lipinski definition) is 0. The molecule has 0 amide bonds. The van der Waals surface area contributed by atoms with Crippen molar-refractivity contribution in [3.63, 3.8) is 0 Å². The van der Waals surface area contributed by atoms with E-state index in [1.54, 1.807) is 25.3 Å². The Morgan fingerprint density at radius 2 is 2.21 bits per heavy atom. The molecule has 0 aliphatic heterocycles. The second-order valence-electron chi connectivity index (χ2n) is 2.67. The molecule has 74 valence electrons. The van der Waals surface area contributed by atoms with Crippen molar-refractivity contribution in [2.75, 3.05) is 13.0 Å². The summed E-state index contributed by atoms with van der Waals surface area (Å²) in [5.41, 5.74) is 1.45. The molecule has 0 aromatic heterocycles. The standard InChI is InChI=1S/C11H11ClO2/c1-14-11-5-4-9(3-2-6-12)10(7-11)8-13/h2-5,7-8H,6H2,1H3. The first kappa shape index (κ1) is 10.8. The SMILES string of the molecule is COc1ccc(C=CCCl)c(C=O)c1. The van der Waals surface area contributed by atoms with Gasteiger partial charge < -0.3 is 4.74 Å². The molecular weight excluding hydrogens is 200 g/mol. The Kier molecular flexibility index (Phi) is 4.20. The lowest BCUT2D eigenvalue weighted by Crippen LogP contribution is -1.89. The first-order chi connectivity index (χ1) is 6.81. The van der Waals surface area contributed by atoms with Crippen molar-refractivity contribution in [2.45, 2.75) is 0 Å². The average Bonchev–Trinajstić information content (AvgIpc) is 2.26. The number of allylic oxidation sites excluding steroid dienone is 1. The highest BCUT2D eigenvalue weighted by atomic mass is 35.5. The number of hydrogen-bond acceptors (Lipinski definition) is 2. The van der Waals surface area contributed by atoms with Gasteiger partial charge in [0, 0.05) is 11.4 Å². The second kappa shape index (κ2) is 5.45. The molecule has 1 aromatic carbocycles. The molecule has 0 spiro atoms. The number of alkyl halides is 1. The van der Waals surface area contributed by atoms with E-state index >= 15 is 0 Å². The lowest BCUT2D eigenvalue weighted by atomic mass is 10.1. The van der Waals surface area contributed by atoms with Crippen LogP contribution in [0.15, 0.2) is 24.3 Å². The minimum absolute atomic E-state index is 0.435. The fourth-order valence-corrected chi connectivity index (χ4v) is 1.19. The highest BCUT2D eigenvalue weighted by Crippen LogP contribution is 2.17. The van der Waals surface area contributed by atoms with Gasteiger partial charge >= 0.3 is 0 Å². The maximum Gasteiger partial charge on any atom is 0.150 e. The van der Waals surface area contributed by atoms with Crippen molar-refractivity contribution in [2.24, 2.45) is 0 Å². The normalized spacial score (nSPS) is 10.4. The minimum Gasteiger partial charge on any atom is -0.497 e. The highest BCUT2D eigenvalue weighted by molar-refractivity contribution is 6.19. The summed E-state index contributed by atoms with van der Waals surface area (Å²) in [6, 6.07) is 5.33. The van der Waals surface area contributed by atoms with Crippen molar-refractivity contribution >= 4 is 24.0 Å². The molecular formula is C11H11ClO2. The van der Waals surface area contributed by atoms with Crippen LogP contribution in [0.25, 0.3) is 6.08 Å². The molecule has 0 unspecified atom stereocenters. The number of rotatable bonds is 4. The third-order valence-corrected chi connectivity index (χ3v) is 1.99. The van der Waals surface area contributed by atoms with Gasteiger partial charge in [-0.25, -0.2) is 0 Å². The van der Waals surface area contributed by atoms with E-state index in [4.69, 9.17) is 16.3 Å². The fraction of sp³-hybridized carbons (Fsp3) is 0.182. The average molecular weight is 211 g/mol. The van der Waals surface area contributed by atoms with Gasteiger partial charge in [0.05, 0.1) is 7.11 Å². The second-order valence-corrected chi connectivity index (χ2v) is 2.98. The summed E-state index contributed by atoms with van der Waals surface area (Å²) in [6.45, 7) is 0. The maximum absolute atomic E-state index is 10.7. The van der Waals surface area contributed by atoms with E-state index in [1.165, 1.54) is 0 Å². The molecule has 0 atom stereocenters. The van der Waals surface area contributed by atoms with Crippen molar-refractivity contribution in [3.8, 4) is 5.75 Å². The van der Waals surface area contributed by atoms with Crippen LogP contribution in [0.3, 0.4) is 0 Å². The number of halogens is 1. The number of carbonyl (C=O) groups is 1. The van der Waals surface area contributed by atoms with E-state index in [1.807, 2.05) is 12.1 Å². The van der Waals surface area contributed by atoms with Crippen LogP contribution >= 0.6 is 11.6 Å². The summed E-state index contributed by atoms with van der Waals surface area (Å²) in [5, 5.41) is 0. The lowest BCUT2D eigenvalue weighted by molar-refractivity contribution is 0.112. The zero-order chi connectivity index (χ0) is 10.4. The van der Waals surface area contributed by atoms with Crippen molar-refractivity contribution in [1.82, 2.24) is 0 Å². The molecule has 0 saturated heterocycles. The number of benzene rings is 1. The molecule has 14 heavy (non-hydrogen) atoms. The van der Waals surface area contributed by atoms with Gasteiger partial charge in [-0.05, 0) is 17.7 Å². The van der Waals surface area contributed by atoms with E-state index in [9.17, 15) is 4.79 Å². The Bertz CT molecular complexity index is 345. The number of ether oxygens (including phenoxy) is 1. The van der Waals surface area contributed by atoms with E-state index in [0.29, 0.717) is 17.2 Å². The molecule has 0 bridgehead atoms. The van der Waals surface area contributed by atoms with Gasteiger partial charge in [-0.15, -0.1) is 11.6 Å². The quantitative estimate of drug-likeness (QED) is 0.564. The van der Waals surface area contributed by atoms with Crippen LogP contribution in [0.2, 0.25) is 0 Å². The van der Waals surface area contributed by atoms with Crippen molar-refractivity contribution in [3.05, 3.63) is 35.4 Å². The van der Waals surface area contributed by atoms with Gasteiger partial charge in [0.2, 0.25) is 0 Å². The predicted octanol–water partition coefficient (Wildman–Crippen LogP) is 2.76. The summed E-state index contributed by atoms with van der Waals surface area (Å²) in [7, 11) is 1.57. The monoisotopic (exact) mass is 210 g/mol. The first-order valence-electron chi connectivity index (χ1n) is 4.17. The molecule has 0 radical (unpaired) electrons. The number of carbonyl (C=O) groups excluding carboxylic acids is 1. The molecule has 1 rings (SSSR count). The topological polar surface area (TPSA) is 26.3 Å². The van der Waals surface area contributed by atoms with Crippen LogP contribution in [-0.4, -0.2) is 19.3 Å². The van der Waals surface area contributed by atoms with Crippen LogP contribution in [0.1, 0.15) is 15.9 Å². The van der Waals surface area contributed by atoms with Crippen molar-refractivity contribution in [1.29, 1.82) is 0 Å². The minimum atomic E-state index is 0.435. The summed E-state index contributed by atoms with van der Waals surface area (Å²) in [6.07, 6.45) is 4.41. The van der Waals surface area contributed by atoms with E-state index < -0.39 is 0 Å². The fourth-order valence-electron chi connectivity index (χ4n) is 1.11. The summed E-state index contributed by atoms with van der Waals surface area (Å²) in [5.74, 6) is 1.11. The van der Waals surface area contributed by atoms with Crippen molar-refractivity contribution < 1.29 is 9.53 Å². The molecule has 1 aromatic rings. The van der Waals surface area contributed by atoms with Gasteiger partial charge in [0.25, 0.3) is 0 Å². The van der Waals surface area contributed by atoms with E-state index in [-0.39, 0.29) is 0 Å². The summed E-state index contributed by atoms with van der Waals surface area (Å²) in [4.78, 5) is 10.7. The van der Waals surface area contributed by atoms with E-state index in [0.717, 1.165) is 11.8 Å². The van der Waals surface area contributed by atoms with Gasteiger partial charge in [-0.2, -0.15) is 0 Å². The Morgan fingerprint density at radius 1 is 1.43 bits per heavy atom. The highest BCUT2D eigenvalue weighted by Gasteiger charge is 1.99. The van der Waals surface area contributed by atoms with Gasteiger partial charge in [-0.1, -0.05) is 18.2 Å². The Morgan fingerprint density at radius 3 is 2.79 bits per heavy atom. The van der Waals surface area contributed by atoms with Crippen LogP contribution < -0.4 is 4.74 Å². The van der Waals surface area contributed by atoms with Crippen LogP contribution in [-0.2, 0) is 0 Å². The zero-order valence-electron chi connectivity index (χ0n) is 7.87. The lowest BCUT2D eigenvalue weighted by Gasteiger charge is -2.02. The summed E-state index contributed by atoms with van der Waals surface area (Å²) >= 11 is 5.51. The maximum atomic E-state index is 10.7. The first-order valence-corrected chi connectivity index (χ1v) is 4.71. The number of aldehydes is 1. The van der Waals surface area contributed by atoms with Gasteiger partial charge in [-0.3, -0.25) is 4.79 Å². The third kappa shape index (κ3) is 2.60. The molecule has 2 nitrogen and oxygen atoms in total. The molecule has 0 heterocycles. The predicted molar refractivity (Wildman–Crippen MR) is 58.1 cm³/mol. The van der Waals surface area contributed by atoms with Crippen LogP contribution in [0.5, 0.6) is 5.75 Å². The van der Waals surface area contributed by atoms with E-state index in [2.05, 4.69) is 0 Å². The molecule has 0 N–H and O–H groups in total. The smallest absolute Gasteiger partial charge is 0.150 e. The zero-order valence-corrected chi connectivity index (χ0v) is 8.62. The van der Waals surface area contributed by atoms with Gasteiger partial charge in [0.1, 0.15) is 5.75 Å². The largest absolute Gasteiger partial charge is 0.497 e. The van der Waals surface area contributed by atoms with Crippen LogP contribution in [0, 0.1) is 0 Å². The molecule has 0 aliphatic rings. The molecule has 0 fully saturated rings. The Hall–Kier alpha value is -1.28. The molecule has 3 heteroatoms. The number of methoxy groups -OCH3 is 1. The third-order valence-electron chi connectivity index (χ3n) is 1.81. The van der Waals surface area contributed by atoms with Gasteiger partial charge in [0.15, 0.2) is 6.29 Å². The molecule has 0 saturated carbocycles. The summed E-state index contributed by atoms with van der Waals surface area (Å²) < 4.78 is 5.01. The van der Waals surface area contributed by atoms with Crippen LogP contribution in [0.4, 0.5) is 0 Å². The Labute approximate surface area is 88.1 Å². The Balaban J connectivity index is 3.05.